The zero-order valence-corrected chi connectivity index (χ0v) is 17.2. The Balaban J connectivity index is 1.33. The number of fused-ring (bicyclic) bond motifs is 1. The van der Waals surface area contributed by atoms with E-state index in [0.717, 1.165) is 38.5 Å². The number of carbonyl (C=O) groups is 2. The normalized spacial score (nSPS) is 12.9. The molecule has 0 atom stereocenters. The summed E-state index contributed by atoms with van der Waals surface area (Å²) in [6, 6.07) is 13.6. The summed E-state index contributed by atoms with van der Waals surface area (Å²) in [7, 11) is 0. The zero-order chi connectivity index (χ0) is 19.1. The summed E-state index contributed by atoms with van der Waals surface area (Å²) in [5.41, 5.74) is 1.94. The molecule has 2 aromatic rings. The predicted octanol–water partition coefficient (Wildman–Crippen LogP) is 4.01. The first-order valence-electron chi connectivity index (χ1n) is 8.81. The van der Waals surface area contributed by atoms with Gasteiger partial charge in [-0.1, -0.05) is 12.1 Å². The SMILES string of the molecule is O=C(CCSc1ccccc1Br)NCCOc1ccc2c(c1)CCC(=O)N2. The van der Waals surface area contributed by atoms with Gasteiger partial charge in [-0.15, -0.1) is 11.8 Å². The number of thioether (sulfide) groups is 1. The molecule has 0 aliphatic carbocycles. The Morgan fingerprint density at radius 2 is 2.07 bits per heavy atom. The lowest BCUT2D eigenvalue weighted by molar-refractivity contribution is -0.120. The van der Waals surface area contributed by atoms with E-state index >= 15 is 0 Å². The van der Waals surface area contributed by atoms with E-state index in [9.17, 15) is 9.59 Å². The van der Waals surface area contributed by atoms with E-state index in [1.165, 1.54) is 0 Å². The molecule has 0 saturated heterocycles. The third kappa shape index (κ3) is 6.01. The lowest BCUT2D eigenvalue weighted by Gasteiger charge is -2.17. The van der Waals surface area contributed by atoms with E-state index in [-0.39, 0.29) is 11.8 Å². The molecular weight excluding hydrogens is 428 g/mol. The number of amides is 2. The van der Waals surface area contributed by atoms with Crippen molar-refractivity contribution in [2.45, 2.75) is 24.2 Å². The quantitative estimate of drug-likeness (QED) is 0.472. The minimum atomic E-state index is 0.0197. The van der Waals surface area contributed by atoms with E-state index in [1.807, 2.05) is 42.5 Å². The van der Waals surface area contributed by atoms with Gasteiger partial charge in [0, 0.05) is 33.7 Å². The maximum atomic E-state index is 11.9. The van der Waals surface area contributed by atoms with Crippen molar-refractivity contribution in [3.8, 4) is 5.75 Å². The molecule has 0 bridgehead atoms. The third-order valence-electron chi connectivity index (χ3n) is 4.09. The summed E-state index contributed by atoms with van der Waals surface area (Å²) in [6.07, 6.45) is 1.69. The number of nitrogens with one attached hydrogen (secondary N) is 2. The van der Waals surface area contributed by atoms with Crippen molar-refractivity contribution in [1.82, 2.24) is 5.32 Å². The van der Waals surface area contributed by atoms with Crippen LogP contribution in [0.25, 0.3) is 0 Å². The van der Waals surface area contributed by atoms with E-state index in [0.29, 0.717) is 26.0 Å². The third-order valence-corrected chi connectivity index (χ3v) is 6.12. The first kappa shape index (κ1) is 19.8. The molecule has 2 N–H and O–H groups in total. The number of halogens is 1. The van der Waals surface area contributed by atoms with Crippen molar-refractivity contribution in [3.63, 3.8) is 0 Å². The maximum Gasteiger partial charge on any atom is 0.224 e. The number of rotatable bonds is 8. The second kappa shape index (κ2) is 9.80. The van der Waals surface area contributed by atoms with Crippen LogP contribution in [0, 0.1) is 0 Å². The monoisotopic (exact) mass is 448 g/mol. The van der Waals surface area contributed by atoms with Gasteiger partial charge in [0.1, 0.15) is 12.4 Å². The summed E-state index contributed by atoms with van der Waals surface area (Å²) in [5.74, 6) is 1.55. The molecule has 1 aliphatic heterocycles. The van der Waals surface area contributed by atoms with Gasteiger partial charge in [-0.3, -0.25) is 9.59 Å². The van der Waals surface area contributed by atoms with Gasteiger partial charge in [-0.25, -0.2) is 0 Å². The van der Waals surface area contributed by atoms with Crippen LogP contribution >= 0.6 is 27.7 Å². The number of hydrogen-bond acceptors (Lipinski definition) is 4. The number of ether oxygens (including phenoxy) is 1. The summed E-state index contributed by atoms with van der Waals surface area (Å²) >= 11 is 5.16. The number of carbonyl (C=O) groups excluding carboxylic acids is 2. The number of anilines is 1. The first-order chi connectivity index (χ1) is 13.1. The molecule has 27 heavy (non-hydrogen) atoms. The smallest absolute Gasteiger partial charge is 0.224 e. The lowest BCUT2D eigenvalue weighted by atomic mass is 10.0. The summed E-state index contributed by atoms with van der Waals surface area (Å²) in [6.45, 7) is 0.876. The minimum Gasteiger partial charge on any atom is -0.492 e. The van der Waals surface area contributed by atoms with Gasteiger partial charge in [0.15, 0.2) is 0 Å². The molecule has 0 unspecified atom stereocenters. The number of aryl methyl sites for hydroxylation is 1. The Labute approximate surface area is 171 Å². The van der Waals surface area contributed by atoms with Crippen LogP contribution in [0.2, 0.25) is 0 Å². The fraction of sp³-hybridized carbons (Fsp3) is 0.300. The van der Waals surface area contributed by atoms with Crippen molar-refractivity contribution < 1.29 is 14.3 Å². The van der Waals surface area contributed by atoms with Crippen LogP contribution in [0.3, 0.4) is 0 Å². The number of benzene rings is 2. The summed E-state index contributed by atoms with van der Waals surface area (Å²) in [4.78, 5) is 24.4. The Hall–Kier alpha value is -1.99. The number of hydrogen-bond donors (Lipinski definition) is 2. The molecule has 0 aromatic heterocycles. The predicted molar refractivity (Wildman–Crippen MR) is 111 cm³/mol. The molecule has 2 amide bonds. The van der Waals surface area contributed by atoms with Gasteiger partial charge in [-0.2, -0.15) is 0 Å². The second-order valence-electron chi connectivity index (χ2n) is 6.09. The first-order valence-corrected chi connectivity index (χ1v) is 10.6. The van der Waals surface area contributed by atoms with Gasteiger partial charge in [0.2, 0.25) is 11.8 Å². The van der Waals surface area contributed by atoms with E-state index < -0.39 is 0 Å². The van der Waals surface area contributed by atoms with Crippen molar-refractivity contribution >= 4 is 45.2 Å². The highest BCUT2D eigenvalue weighted by Crippen LogP contribution is 2.28. The van der Waals surface area contributed by atoms with E-state index in [4.69, 9.17) is 4.74 Å². The van der Waals surface area contributed by atoms with Crippen molar-refractivity contribution in [2.75, 3.05) is 24.2 Å². The molecule has 142 valence electrons. The Morgan fingerprint density at radius 3 is 2.93 bits per heavy atom. The Kier molecular flexibility index (Phi) is 7.18. The lowest BCUT2D eigenvalue weighted by Crippen LogP contribution is -2.28. The van der Waals surface area contributed by atoms with Crippen molar-refractivity contribution in [1.29, 1.82) is 0 Å². The van der Waals surface area contributed by atoms with Crippen LogP contribution in [0.4, 0.5) is 5.69 Å². The van der Waals surface area contributed by atoms with E-state index in [2.05, 4.69) is 26.6 Å². The average molecular weight is 449 g/mol. The fourth-order valence-electron chi connectivity index (χ4n) is 2.71. The second-order valence-corrected chi connectivity index (χ2v) is 8.09. The molecule has 3 rings (SSSR count). The molecule has 0 radical (unpaired) electrons. The molecule has 0 spiro atoms. The van der Waals surface area contributed by atoms with Crippen LogP contribution in [-0.4, -0.2) is 30.7 Å². The van der Waals surface area contributed by atoms with Crippen LogP contribution in [0.5, 0.6) is 5.75 Å². The molecule has 0 saturated carbocycles. The van der Waals surface area contributed by atoms with Gasteiger partial charge in [-0.05, 0) is 58.2 Å². The minimum absolute atomic E-state index is 0.0197. The standard InChI is InChI=1S/C20H21BrN2O3S/c21-16-3-1-2-4-18(16)27-12-9-19(24)22-10-11-26-15-6-7-17-14(13-15)5-8-20(25)23-17/h1-4,6-7,13H,5,8-12H2,(H,22,24)(H,23,25). The Morgan fingerprint density at radius 1 is 1.22 bits per heavy atom. The van der Waals surface area contributed by atoms with Crippen LogP contribution in [0.15, 0.2) is 51.8 Å². The molecule has 1 heterocycles. The highest BCUT2D eigenvalue weighted by molar-refractivity contribution is 9.10. The average Bonchev–Trinajstić information content (AvgIpc) is 2.67. The van der Waals surface area contributed by atoms with Crippen molar-refractivity contribution in [2.24, 2.45) is 0 Å². The van der Waals surface area contributed by atoms with Crippen molar-refractivity contribution in [3.05, 3.63) is 52.5 Å². The van der Waals surface area contributed by atoms with Crippen LogP contribution in [-0.2, 0) is 16.0 Å². The van der Waals surface area contributed by atoms with Gasteiger partial charge in [0.25, 0.3) is 0 Å². The maximum absolute atomic E-state index is 11.9. The zero-order valence-electron chi connectivity index (χ0n) is 14.8. The van der Waals surface area contributed by atoms with Gasteiger partial charge < -0.3 is 15.4 Å². The molecule has 1 aliphatic rings. The van der Waals surface area contributed by atoms with Crippen LogP contribution in [0.1, 0.15) is 18.4 Å². The van der Waals surface area contributed by atoms with Gasteiger partial charge >= 0.3 is 0 Å². The highest BCUT2D eigenvalue weighted by Gasteiger charge is 2.15. The topological polar surface area (TPSA) is 67.4 Å². The van der Waals surface area contributed by atoms with Crippen LogP contribution < -0.4 is 15.4 Å². The summed E-state index contributed by atoms with van der Waals surface area (Å²) < 4.78 is 6.75. The fourth-order valence-corrected chi connectivity index (χ4v) is 4.23. The molecule has 0 fully saturated rings. The highest BCUT2D eigenvalue weighted by atomic mass is 79.9. The molecule has 2 aromatic carbocycles. The van der Waals surface area contributed by atoms with Gasteiger partial charge in [0.05, 0.1) is 6.54 Å². The molecule has 5 nitrogen and oxygen atoms in total. The Bertz CT molecular complexity index is 829. The van der Waals surface area contributed by atoms with E-state index in [1.54, 1.807) is 11.8 Å². The summed E-state index contributed by atoms with van der Waals surface area (Å²) in [5, 5.41) is 5.72. The molecular formula is C20H21BrN2O3S. The largest absolute Gasteiger partial charge is 0.492 e. The molecule has 7 heteroatoms.